The smallest absolute Gasteiger partial charge is 0.226 e. The summed E-state index contributed by atoms with van der Waals surface area (Å²) in [4.78, 5) is 17.3. The zero-order chi connectivity index (χ0) is 17.3. The van der Waals surface area contributed by atoms with Gasteiger partial charge in [0.1, 0.15) is 5.82 Å². The van der Waals surface area contributed by atoms with Gasteiger partial charge in [-0.1, -0.05) is 37.3 Å². The Morgan fingerprint density at radius 2 is 2.25 bits per heavy atom. The van der Waals surface area contributed by atoms with E-state index in [1.165, 1.54) is 11.3 Å². The molecule has 0 bridgehead atoms. The zero-order valence-electron chi connectivity index (χ0n) is 14.0. The van der Waals surface area contributed by atoms with Crippen molar-refractivity contribution in [1.82, 2.24) is 4.98 Å². The van der Waals surface area contributed by atoms with E-state index in [0.717, 1.165) is 10.4 Å². The largest absolute Gasteiger partial charge is 0.493 e. The standard InChI is InChI=1S/C17H21N3O3S/c1-9(2)8-23-14-10(5-4-6-12(14)22-3)11-7-13(21)19-16-15(11)24-17(18)20-16/h4-6,9,11H,7-8H2,1-3H3,(H2,18,20)(H,19,21)/t11-/m1/s1. The first-order valence-electron chi connectivity index (χ1n) is 7.85. The molecule has 24 heavy (non-hydrogen) atoms. The van der Waals surface area contributed by atoms with E-state index in [4.69, 9.17) is 15.2 Å². The molecule has 1 atom stereocenters. The van der Waals surface area contributed by atoms with Gasteiger partial charge in [0.25, 0.3) is 0 Å². The van der Waals surface area contributed by atoms with Gasteiger partial charge in [-0.05, 0) is 12.0 Å². The van der Waals surface area contributed by atoms with Crippen LogP contribution in [0.1, 0.15) is 36.6 Å². The lowest BCUT2D eigenvalue weighted by Crippen LogP contribution is -2.23. The molecule has 128 valence electrons. The number of nitrogens with two attached hydrogens (primary N) is 1. The fourth-order valence-electron chi connectivity index (χ4n) is 2.76. The van der Waals surface area contributed by atoms with E-state index in [-0.39, 0.29) is 11.8 Å². The molecule has 3 N–H and O–H groups in total. The van der Waals surface area contributed by atoms with E-state index in [2.05, 4.69) is 24.1 Å². The molecule has 1 aromatic carbocycles. The van der Waals surface area contributed by atoms with Gasteiger partial charge in [-0.15, -0.1) is 0 Å². The Morgan fingerprint density at radius 1 is 1.46 bits per heavy atom. The number of hydrogen-bond acceptors (Lipinski definition) is 6. The molecule has 7 heteroatoms. The van der Waals surface area contributed by atoms with Gasteiger partial charge in [0, 0.05) is 17.9 Å². The summed E-state index contributed by atoms with van der Waals surface area (Å²) in [5.74, 6) is 2.07. The number of benzene rings is 1. The first-order valence-corrected chi connectivity index (χ1v) is 8.67. The molecule has 1 amide bonds. The third-order valence-corrected chi connectivity index (χ3v) is 4.80. The lowest BCUT2D eigenvalue weighted by molar-refractivity contribution is -0.116. The van der Waals surface area contributed by atoms with Crippen LogP contribution in [0.5, 0.6) is 11.5 Å². The molecule has 0 radical (unpaired) electrons. The van der Waals surface area contributed by atoms with Crippen LogP contribution in [0.25, 0.3) is 0 Å². The van der Waals surface area contributed by atoms with E-state index in [1.807, 2.05) is 18.2 Å². The van der Waals surface area contributed by atoms with Gasteiger partial charge in [0.05, 0.1) is 18.6 Å². The number of para-hydroxylation sites is 1. The van der Waals surface area contributed by atoms with Gasteiger partial charge in [-0.25, -0.2) is 4.98 Å². The SMILES string of the molecule is COc1cccc([C@H]2CC(=O)Nc3nc(N)sc32)c1OCC(C)C. The molecule has 0 saturated heterocycles. The molecular formula is C17H21N3O3S. The van der Waals surface area contributed by atoms with E-state index in [9.17, 15) is 4.79 Å². The zero-order valence-corrected chi connectivity index (χ0v) is 14.8. The van der Waals surface area contributed by atoms with Crippen molar-refractivity contribution >= 4 is 28.2 Å². The Bertz CT molecular complexity index is 758. The monoisotopic (exact) mass is 347 g/mol. The van der Waals surface area contributed by atoms with Gasteiger partial charge in [-0.3, -0.25) is 4.79 Å². The van der Waals surface area contributed by atoms with Crippen LogP contribution in [-0.2, 0) is 4.79 Å². The summed E-state index contributed by atoms with van der Waals surface area (Å²) in [7, 11) is 1.62. The fraction of sp³-hybridized carbons (Fsp3) is 0.412. The van der Waals surface area contributed by atoms with E-state index in [0.29, 0.717) is 41.4 Å². The lowest BCUT2D eigenvalue weighted by atomic mass is 9.90. The van der Waals surface area contributed by atoms with Crippen molar-refractivity contribution in [3.63, 3.8) is 0 Å². The fourth-order valence-corrected chi connectivity index (χ4v) is 3.67. The summed E-state index contributed by atoms with van der Waals surface area (Å²) in [6, 6.07) is 5.75. The maximum Gasteiger partial charge on any atom is 0.226 e. The molecule has 1 aliphatic rings. The van der Waals surface area contributed by atoms with Crippen LogP contribution in [0.2, 0.25) is 0 Å². The summed E-state index contributed by atoms with van der Waals surface area (Å²) < 4.78 is 11.5. The van der Waals surface area contributed by atoms with Crippen LogP contribution < -0.4 is 20.5 Å². The molecule has 1 aromatic heterocycles. The van der Waals surface area contributed by atoms with Crippen LogP contribution in [0.15, 0.2) is 18.2 Å². The number of carbonyl (C=O) groups excluding carboxylic acids is 1. The van der Waals surface area contributed by atoms with Crippen LogP contribution in [0.4, 0.5) is 10.9 Å². The van der Waals surface area contributed by atoms with Crippen molar-refractivity contribution < 1.29 is 14.3 Å². The van der Waals surface area contributed by atoms with Crippen molar-refractivity contribution in [1.29, 1.82) is 0 Å². The number of carbonyl (C=O) groups is 1. The molecule has 2 aromatic rings. The third-order valence-electron chi connectivity index (χ3n) is 3.80. The highest BCUT2D eigenvalue weighted by molar-refractivity contribution is 7.16. The van der Waals surface area contributed by atoms with Gasteiger partial charge in [0.15, 0.2) is 16.6 Å². The highest BCUT2D eigenvalue weighted by atomic mass is 32.1. The number of rotatable bonds is 5. The van der Waals surface area contributed by atoms with Crippen LogP contribution in [0, 0.1) is 5.92 Å². The number of ether oxygens (including phenoxy) is 2. The van der Waals surface area contributed by atoms with Gasteiger partial charge >= 0.3 is 0 Å². The van der Waals surface area contributed by atoms with Crippen molar-refractivity contribution in [2.45, 2.75) is 26.2 Å². The molecule has 0 fully saturated rings. The second kappa shape index (κ2) is 6.68. The number of hydrogen-bond donors (Lipinski definition) is 2. The quantitative estimate of drug-likeness (QED) is 0.867. The average Bonchev–Trinajstić information content (AvgIpc) is 2.91. The summed E-state index contributed by atoms with van der Waals surface area (Å²) in [5.41, 5.74) is 6.76. The summed E-state index contributed by atoms with van der Waals surface area (Å²) in [6.07, 6.45) is 0.333. The number of fused-ring (bicyclic) bond motifs is 1. The number of amides is 1. The molecule has 2 heterocycles. The van der Waals surface area contributed by atoms with Crippen LogP contribution in [-0.4, -0.2) is 24.6 Å². The number of aromatic nitrogens is 1. The predicted octanol–water partition coefficient (Wildman–Crippen LogP) is 3.24. The van der Waals surface area contributed by atoms with E-state index >= 15 is 0 Å². The summed E-state index contributed by atoms with van der Waals surface area (Å²) in [5, 5.41) is 3.23. The first-order chi connectivity index (χ1) is 11.5. The van der Waals surface area contributed by atoms with Crippen molar-refractivity contribution in [3.8, 4) is 11.5 Å². The maximum absolute atomic E-state index is 12.1. The predicted molar refractivity (Wildman–Crippen MR) is 94.9 cm³/mol. The number of nitrogens with one attached hydrogen (secondary N) is 1. The number of nitrogens with zero attached hydrogens (tertiary/aromatic N) is 1. The maximum atomic E-state index is 12.1. The van der Waals surface area contributed by atoms with Crippen LogP contribution >= 0.6 is 11.3 Å². The summed E-state index contributed by atoms with van der Waals surface area (Å²) in [6.45, 7) is 4.75. The van der Waals surface area contributed by atoms with E-state index in [1.54, 1.807) is 7.11 Å². The minimum atomic E-state index is -0.138. The average molecular weight is 347 g/mol. The highest BCUT2D eigenvalue weighted by Gasteiger charge is 2.32. The van der Waals surface area contributed by atoms with Gasteiger partial charge in [-0.2, -0.15) is 0 Å². The number of anilines is 2. The molecule has 6 nitrogen and oxygen atoms in total. The Kier molecular flexibility index (Phi) is 4.62. The molecule has 1 aliphatic heterocycles. The van der Waals surface area contributed by atoms with Gasteiger partial charge < -0.3 is 20.5 Å². The lowest BCUT2D eigenvalue weighted by Gasteiger charge is -2.25. The normalized spacial score (nSPS) is 16.7. The van der Waals surface area contributed by atoms with Crippen molar-refractivity contribution in [2.75, 3.05) is 24.8 Å². The Labute approximate surface area is 145 Å². The number of nitrogen functional groups attached to an aromatic ring is 1. The molecule has 0 aliphatic carbocycles. The minimum Gasteiger partial charge on any atom is -0.493 e. The second-order valence-electron chi connectivity index (χ2n) is 6.15. The molecule has 0 saturated carbocycles. The Morgan fingerprint density at radius 3 is 2.96 bits per heavy atom. The van der Waals surface area contributed by atoms with Crippen molar-refractivity contribution in [3.05, 3.63) is 28.6 Å². The highest BCUT2D eigenvalue weighted by Crippen LogP contribution is 2.46. The minimum absolute atomic E-state index is 0.0737. The second-order valence-corrected chi connectivity index (χ2v) is 7.22. The number of thiazole rings is 1. The van der Waals surface area contributed by atoms with Gasteiger partial charge in [0.2, 0.25) is 5.91 Å². The first kappa shape index (κ1) is 16.6. The molecule has 0 spiro atoms. The molecule has 3 rings (SSSR count). The summed E-state index contributed by atoms with van der Waals surface area (Å²) >= 11 is 1.40. The molecule has 0 unspecified atom stereocenters. The Balaban J connectivity index is 2.07. The van der Waals surface area contributed by atoms with Crippen LogP contribution in [0.3, 0.4) is 0 Å². The number of methoxy groups -OCH3 is 1. The molecular weight excluding hydrogens is 326 g/mol. The topological polar surface area (TPSA) is 86.5 Å². The van der Waals surface area contributed by atoms with Crippen molar-refractivity contribution in [2.24, 2.45) is 5.92 Å². The third kappa shape index (κ3) is 3.17. The van der Waals surface area contributed by atoms with E-state index < -0.39 is 0 Å². The Hall–Kier alpha value is -2.28.